The Kier molecular flexibility index (Phi) is 2.33. The van der Waals surface area contributed by atoms with Crippen molar-refractivity contribution in [1.29, 1.82) is 0 Å². The summed E-state index contributed by atoms with van der Waals surface area (Å²) in [5.41, 5.74) is 0.722. The molecule has 2 heteroatoms. The smallest absolute Gasteiger partial charge is 0.183 e. The molecule has 2 radical (unpaired) electrons. The van der Waals surface area contributed by atoms with Gasteiger partial charge in [-0.1, -0.05) is 20.8 Å². The SMILES string of the molecule is [B]N1C(C)C1(C)CCC(C)(C)C. The van der Waals surface area contributed by atoms with Crippen LogP contribution in [0.4, 0.5) is 0 Å². The molecule has 0 spiro atoms. The second kappa shape index (κ2) is 2.76. The van der Waals surface area contributed by atoms with E-state index in [1.54, 1.807) is 0 Å². The summed E-state index contributed by atoms with van der Waals surface area (Å²) < 4.78 is 0. The molecule has 0 aromatic carbocycles. The van der Waals surface area contributed by atoms with Gasteiger partial charge in [-0.25, -0.2) is 0 Å². The highest BCUT2D eigenvalue weighted by Crippen LogP contribution is 2.43. The lowest BCUT2D eigenvalue weighted by Crippen LogP contribution is -2.17. The molecule has 0 aromatic heterocycles. The van der Waals surface area contributed by atoms with Crippen LogP contribution < -0.4 is 0 Å². The summed E-state index contributed by atoms with van der Waals surface area (Å²) in [7, 11) is 5.81. The fourth-order valence-electron chi connectivity index (χ4n) is 1.61. The van der Waals surface area contributed by atoms with Crippen molar-refractivity contribution >= 4 is 7.98 Å². The van der Waals surface area contributed by atoms with Gasteiger partial charge in [0.05, 0.1) is 0 Å². The van der Waals surface area contributed by atoms with Crippen molar-refractivity contribution < 1.29 is 0 Å². The van der Waals surface area contributed by atoms with Crippen LogP contribution in [0.25, 0.3) is 0 Å². The fourth-order valence-corrected chi connectivity index (χ4v) is 1.61. The van der Waals surface area contributed by atoms with Gasteiger partial charge in [0, 0.05) is 11.6 Å². The maximum Gasteiger partial charge on any atom is 0.183 e. The molecule has 0 aliphatic carbocycles. The summed E-state index contributed by atoms with van der Waals surface area (Å²) >= 11 is 0. The zero-order valence-corrected chi connectivity index (χ0v) is 9.02. The minimum Gasteiger partial charge on any atom is -0.344 e. The van der Waals surface area contributed by atoms with Crippen molar-refractivity contribution in [2.24, 2.45) is 5.41 Å². The maximum atomic E-state index is 5.81. The molecule has 68 valence electrons. The van der Waals surface area contributed by atoms with Crippen LogP contribution in [0.15, 0.2) is 0 Å². The van der Waals surface area contributed by atoms with Crippen LogP contribution in [0, 0.1) is 5.41 Å². The third kappa shape index (κ3) is 1.85. The molecule has 1 aliphatic rings. The molecule has 1 heterocycles. The quantitative estimate of drug-likeness (QED) is 0.448. The molecule has 1 saturated heterocycles. The molecule has 0 N–H and O–H groups in total. The Morgan fingerprint density at radius 3 is 2.08 bits per heavy atom. The molecule has 0 aromatic rings. The van der Waals surface area contributed by atoms with Crippen LogP contribution in [0.2, 0.25) is 0 Å². The van der Waals surface area contributed by atoms with Crippen molar-refractivity contribution in [1.82, 2.24) is 4.81 Å². The van der Waals surface area contributed by atoms with Crippen LogP contribution >= 0.6 is 0 Å². The summed E-state index contributed by atoms with van der Waals surface area (Å²) in [6.45, 7) is 11.3. The van der Waals surface area contributed by atoms with Gasteiger partial charge in [0.25, 0.3) is 0 Å². The lowest BCUT2D eigenvalue weighted by Gasteiger charge is -2.21. The van der Waals surface area contributed by atoms with E-state index in [9.17, 15) is 0 Å². The van der Waals surface area contributed by atoms with Crippen LogP contribution in [-0.2, 0) is 0 Å². The highest BCUT2D eigenvalue weighted by atomic mass is 15.3. The van der Waals surface area contributed by atoms with E-state index in [4.69, 9.17) is 7.98 Å². The van der Waals surface area contributed by atoms with E-state index in [0.29, 0.717) is 11.5 Å². The average molecular weight is 165 g/mol. The van der Waals surface area contributed by atoms with E-state index in [1.807, 2.05) is 4.81 Å². The van der Waals surface area contributed by atoms with Crippen molar-refractivity contribution in [3.8, 4) is 0 Å². The van der Waals surface area contributed by atoms with E-state index in [2.05, 4.69) is 34.6 Å². The molecule has 12 heavy (non-hydrogen) atoms. The molecule has 0 bridgehead atoms. The van der Waals surface area contributed by atoms with Gasteiger partial charge in [0.2, 0.25) is 0 Å². The molecule has 3 unspecified atom stereocenters. The molecule has 0 amide bonds. The van der Waals surface area contributed by atoms with Crippen molar-refractivity contribution in [3.63, 3.8) is 0 Å². The molecule has 1 aliphatic heterocycles. The van der Waals surface area contributed by atoms with Gasteiger partial charge in [0.1, 0.15) is 0 Å². The summed E-state index contributed by atoms with van der Waals surface area (Å²) in [6, 6.07) is 0.569. The van der Waals surface area contributed by atoms with Gasteiger partial charge < -0.3 is 4.81 Å². The zero-order chi connectivity index (χ0) is 9.57. The van der Waals surface area contributed by atoms with E-state index < -0.39 is 0 Å². The molecule has 3 atom stereocenters. The van der Waals surface area contributed by atoms with Crippen LogP contribution in [0.1, 0.15) is 47.5 Å². The van der Waals surface area contributed by atoms with E-state index in [0.717, 1.165) is 0 Å². The van der Waals surface area contributed by atoms with Crippen molar-refractivity contribution in [2.45, 2.75) is 59.0 Å². The Morgan fingerprint density at radius 2 is 1.83 bits per heavy atom. The third-order valence-electron chi connectivity index (χ3n) is 3.22. The average Bonchev–Trinajstić information content (AvgIpc) is 2.37. The number of hydrogen-bond donors (Lipinski definition) is 0. The minimum absolute atomic E-state index is 0.285. The minimum atomic E-state index is 0.285. The van der Waals surface area contributed by atoms with Crippen LogP contribution in [0.3, 0.4) is 0 Å². The van der Waals surface area contributed by atoms with E-state index in [1.165, 1.54) is 12.8 Å². The van der Waals surface area contributed by atoms with Gasteiger partial charge in [-0.05, 0) is 32.1 Å². The van der Waals surface area contributed by atoms with Gasteiger partial charge in [-0.2, -0.15) is 0 Å². The lowest BCUT2D eigenvalue weighted by molar-refractivity contribution is 0.334. The van der Waals surface area contributed by atoms with Crippen LogP contribution in [0.5, 0.6) is 0 Å². The van der Waals surface area contributed by atoms with Gasteiger partial charge in [0.15, 0.2) is 7.98 Å². The summed E-state index contributed by atoms with van der Waals surface area (Å²) in [6.07, 6.45) is 2.47. The van der Waals surface area contributed by atoms with E-state index in [-0.39, 0.29) is 5.54 Å². The molecular formula is C10H20BN. The van der Waals surface area contributed by atoms with Crippen molar-refractivity contribution in [2.75, 3.05) is 0 Å². The second-order valence-electron chi connectivity index (χ2n) is 5.50. The molecule has 0 saturated carbocycles. The number of rotatable bonds is 2. The molecule has 1 nitrogen and oxygen atoms in total. The number of hydrogen-bond acceptors (Lipinski definition) is 1. The Balaban J connectivity index is 2.35. The standard InChI is InChI=1S/C10H20BN/c1-8-10(5,12(8)11)7-6-9(2,3)4/h8H,6-7H2,1-5H3. The first-order chi connectivity index (χ1) is 5.27. The Morgan fingerprint density at radius 1 is 1.42 bits per heavy atom. The summed E-state index contributed by atoms with van der Waals surface area (Å²) in [5, 5.41) is 0. The first-order valence-electron chi connectivity index (χ1n) is 4.81. The second-order valence-corrected chi connectivity index (χ2v) is 5.50. The largest absolute Gasteiger partial charge is 0.344 e. The predicted octanol–water partition coefficient (Wildman–Crippen LogP) is 2.36. The topological polar surface area (TPSA) is 3.01 Å². The summed E-state index contributed by atoms with van der Waals surface area (Å²) in [5.74, 6) is 0. The highest BCUT2D eigenvalue weighted by molar-refractivity contribution is 6.07. The van der Waals surface area contributed by atoms with Gasteiger partial charge in [-0.3, -0.25) is 0 Å². The molecule has 1 rings (SSSR count). The third-order valence-corrected chi connectivity index (χ3v) is 3.22. The zero-order valence-electron chi connectivity index (χ0n) is 9.02. The van der Waals surface area contributed by atoms with Crippen molar-refractivity contribution in [3.05, 3.63) is 0 Å². The van der Waals surface area contributed by atoms with Gasteiger partial charge >= 0.3 is 0 Å². The highest BCUT2D eigenvalue weighted by Gasteiger charge is 2.51. The lowest BCUT2D eigenvalue weighted by atomic mass is 9.86. The van der Waals surface area contributed by atoms with Crippen LogP contribution in [-0.4, -0.2) is 24.4 Å². The number of nitrogens with zero attached hydrogens (tertiary/aromatic N) is 1. The normalized spacial score (nSPS) is 41.4. The Bertz CT molecular complexity index is 163. The Labute approximate surface area is 78.0 Å². The maximum absolute atomic E-state index is 5.81. The Hall–Kier alpha value is 0.0249. The predicted molar refractivity (Wildman–Crippen MR) is 54.1 cm³/mol. The monoisotopic (exact) mass is 165 g/mol. The molecule has 1 fully saturated rings. The first-order valence-corrected chi connectivity index (χ1v) is 4.81. The van der Waals surface area contributed by atoms with E-state index >= 15 is 0 Å². The van der Waals surface area contributed by atoms with Gasteiger partial charge in [-0.15, -0.1) is 0 Å². The molecular weight excluding hydrogens is 145 g/mol. The fraction of sp³-hybridized carbons (Fsp3) is 1.00. The first kappa shape index (κ1) is 10.1. The summed E-state index contributed by atoms with van der Waals surface area (Å²) in [4.78, 5) is 1.97.